The second-order valence-corrected chi connectivity index (χ2v) is 4.59. The standard InChI is InChI=1S/C14H19N3O3/c1-2-4-16-13(18)11-3-5-15-12(10-11)14(19)17-6-8-20-9-7-17/h3,5,10H,2,4,6-9H2,1H3,(H,16,18). The van der Waals surface area contributed by atoms with Crippen molar-refractivity contribution >= 4 is 11.8 Å². The molecule has 20 heavy (non-hydrogen) atoms. The van der Waals surface area contributed by atoms with Gasteiger partial charge in [-0.1, -0.05) is 6.92 Å². The van der Waals surface area contributed by atoms with Crippen molar-refractivity contribution in [2.24, 2.45) is 0 Å². The van der Waals surface area contributed by atoms with Crippen LogP contribution in [0.5, 0.6) is 0 Å². The summed E-state index contributed by atoms with van der Waals surface area (Å²) >= 11 is 0. The zero-order valence-corrected chi connectivity index (χ0v) is 11.6. The molecule has 0 saturated carbocycles. The maximum atomic E-state index is 12.3. The molecule has 1 aliphatic rings. The lowest BCUT2D eigenvalue weighted by Crippen LogP contribution is -2.41. The number of rotatable bonds is 4. The average Bonchev–Trinajstić information content (AvgIpc) is 2.52. The van der Waals surface area contributed by atoms with Crippen LogP contribution in [0.2, 0.25) is 0 Å². The number of hydrogen-bond donors (Lipinski definition) is 1. The van der Waals surface area contributed by atoms with Gasteiger partial charge in [-0.2, -0.15) is 0 Å². The van der Waals surface area contributed by atoms with Gasteiger partial charge >= 0.3 is 0 Å². The van der Waals surface area contributed by atoms with Gasteiger partial charge in [-0.15, -0.1) is 0 Å². The summed E-state index contributed by atoms with van der Waals surface area (Å²) in [6, 6.07) is 3.16. The smallest absolute Gasteiger partial charge is 0.272 e. The highest BCUT2D eigenvalue weighted by molar-refractivity contribution is 5.98. The summed E-state index contributed by atoms with van der Waals surface area (Å²) < 4.78 is 5.21. The highest BCUT2D eigenvalue weighted by atomic mass is 16.5. The summed E-state index contributed by atoms with van der Waals surface area (Å²) in [5.41, 5.74) is 0.765. The molecule has 1 fully saturated rings. The van der Waals surface area contributed by atoms with Crippen molar-refractivity contribution in [3.8, 4) is 0 Å². The molecule has 0 bridgehead atoms. The third-order valence-electron chi connectivity index (χ3n) is 3.08. The van der Waals surface area contributed by atoms with Crippen LogP contribution in [-0.2, 0) is 4.74 Å². The summed E-state index contributed by atoms with van der Waals surface area (Å²) in [7, 11) is 0. The molecule has 2 amide bonds. The summed E-state index contributed by atoms with van der Waals surface area (Å²) in [6.45, 7) is 4.82. The van der Waals surface area contributed by atoms with E-state index in [0.717, 1.165) is 6.42 Å². The Morgan fingerprint density at radius 2 is 2.15 bits per heavy atom. The first-order valence-electron chi connectivity index (χ1n) is 6.83. The fraction of sp³-hybridized carbons (Fsp3) is 0.500. The number of aromatic nitrogens is 1. The molecule has 0 unspecified atom stereocenters. The van der Waals surface area contributed by atoms with Crippen molar-refractivity contribution in [2.75, 3.05) is 32.8 Å². The van der Waals surface area contributed by atoms with E-state index in [1.54, 1.807) is 17.0 Å². The van der Waals surface area contributed by atoms with E-state index in [1.807, 2.05) is 6.92 Å². The van der Waals surface area contributed by atoms with Crippen LogP contribution in [0.1, 0.15) is 34.2 Å². The molecule has 0 radical (unpaired) electrons. The normalized spacial score (nSPS) is 14.9. The van der Waals surface area contributed by atoms with E-state index in [0.29, 0.717) is 44.1 Å². The maximum Gasteiger partial charge on any atom is 0.272 e. The van der Waals surface area contributed by atoms with Gasteiger partial charge in [0.15, 0.2) is 0 Å². The van der Waals surface area contributed by atoms with E-state index in [2.05, 4.69) is 10.3 Å². The van der Waals surface area contributed by atoms with Gasteiger partial charge in [0.2, 0.25) is 0 Å². The Bertz CT molecular complexity index is 484. The minimum Gasteiger partial charge on any atom is -0.378 e. The summed E-state index contributed by atoms with van der Waals surface area (Å²) in [5, 5.41) is 2.78. The number of amides is 2. The molecule has 1 aromatic rings. The lowest BCUT2D eigenvalue weighted by Gasteiger charge is -2.26. The van der Waals surface area contributed by atoms with Crippen molar-refractivity contribution in [3.05, 3.63) is 29.6 Å². The van der Waals surface area contributed by atoms with Gasteiger partial charge in [0.05, 0.1) is 13.2 Å². The molecule has 1 saturated heterocycles. The van der Waals surface area contributed by atoms with Gasteiger partial charge in [-0.05, 0) is 18.6 Å². The van der Waals surface area contributed by atoms with Gasteiger partial charge in [0.1, 0.15) is 5.69 Å². The van der Waals surface area contributed by atoms with Gasteiger partial charge in [0, 0.05) is 31.4 Å². The van der Waals surface area contributed by atoms with Crippen molar-refractivity contribution in [1.29, 1.82) is 0 Å². The number of morpholine rings is 1. The minimum absolute atomic E-state index is 0.154. The molecule has 1 N–H and O–H groups in total. The monoisotopic (exact) mass is 277 g/mol. The second kappa shape index (κ2) is 7.00. The predicted octanol–water partition coefficient (Wildman–Crippen LogP) is 0.694. The van der Waals surface area contributed by atoms with E-state index in [-0.39, 0.29) is 11.8 Å². The molecule has 0 aromatic carbocycles. The second-order valence-electron chi connectivity index (χ2n) is 4.59. The van der Waals surface area contributed by atoms with Crippen LogP contribution >= 0.6 is 0 Å². The highest BCUT2D eigenvalue weighted by Crippen LogP contribution is 2.07. The molecular weight excluding hydrogens is 258 g/mol. The number of hydrogen-bond acceptors (Lipinski definition) is 4. The summed E-state index contributed by atoms with van der Waals surface area (Å²) in [4.78, 5) is 29.9. The number of nitrogens with zero attached hydrogens (tertiary/aromatic N) is 2. The van der Waals surface area contributed by atoms with E-state index in [1.165, 1.54) is 6.20 Å². The van der Waals surface area contributed by atoms with Crippen LogP contribution in [0.15, 0.2) is 18.3 Å². The first-order chi connectivity index (χ1) is 9.72. The highest BCUT2D eigenvalue weighted by Gasteiger charge is 2.20. The Morgan fingerprint density at radius 3 is 2.85 bits per heavy atom. The van der Waals surface area contributed by atoms with Crippen LogP contribution in [0.4, 0.5) is 0 Å². The zero-order chi connectivity index (χ0) is 14.4. The SMILES string of the molecule is CCCNC(=O)c1ccnc(C(=O)N2CCOCC2)c1. The van der Waals surface area contributed by atoms with Crippen molar-refractivity contribution in [2.45, 2.75) is 13.3 Å². The molecule has 108 valence electrons. The third-order valence-corrected chi connectivity index (χ3v) is 3.08. The fourth-order valence-electron chi connectivity index (χ4n) is 1.96. The Labute approximate surface area is 118 Å². The molecule has 1 aromatic heterocycles. The molecular formula is C14H19N3O3. The van der Waals surface area contributed by atoms with E-state index < -0.39 is 0 Å². The van der Waals surface area contributed by atoms with Gasteiger partial charge in [0.25, 0.3) is 11.8 Å². The largest absolute Gasteiger partial charge is 0.378 e. The Hall–Kier alpha value is -1.95. The predicted molar refractivity (Wildman–Crippen MR) is 73.6 cm³/mol. The lowest BCUT2D eigenvalue weighted by molar-refractivity contribution is 0.0299. The number of pyridine rings is 1. The fourth-order valence-corrected chi connectivity index (χ4v) is 1.96. The lowest BCUT2D eigenvalue weighted by atomic mass is 10.2. The summed E-state index contributed by atoms with van der Waals surface area (Å²) in [6.07, 6.45) is 2.37. The first-order valence-corrected chi connectivity index (χ1v) is 6.83. The Balaban J connectivity index is 2.08. The zero-order valence-electron chi connectivity index (χ0n) is 11.6. The third kappa shape index (κ3) is 3.54. The van der Waals surface area contributed by atoms with Crippen LogP contribution in [0.3, 0.4) is 0 Å². The summed E-state index contributed by atoms with van der Waals surface area (Å²) in [5.74, 6) is -0.330. The topological polar surface area (TPSA) is 71.5 Å². The molecule has 0 spiro atoms. The Morgan fingerprint density at radius 1 is 1.40 bits per heavy atom. The average molecular weight is 277 g/mol. The number of carbonyl (C=O) groups excluding carboxylic acids is 2. The van der Waals surface area contributed by atoms with Crippen molar-refractivity contribution in [3.63, 3.8) is 0 Å². The Kier molecular flexibility index (Phi) is 5.06. The number of carbonyl (C=O) groups is 2. The van der Waals surface area contributed by atoms with E-state index in [9.17, 15) is 9.59 Å². The molecule has 2 rings (SSSR count). The van der Waals surface area contributed by atoms with Gasteiger partial charge in [-0.3, -0.25) is 14.6 Å². The van der Waals surface area contributed by atoms with Gasteiger partial charge < -0.3 is 15.0 Å². The van der Waals surface area contributed by atoms with E-state index >= 15 is 0 Å². The van der Waals surface area contributed by atoms with E-state index in [4.69, 9.17) is 4.74 Å². The number of nitrogens with one attached hydrogen (secondary N) is 1. The van der Waals surface area contributed by atoms with Crippen LogP contribution < -0.4 is 5.32 Å². The molecule has 1 aliphatic heterocycles. The van der Waals surface area contributed by atoms with Gasteiger partial charge in [-0.25, -0.2) is 0 Å². The van der Waals surface area contributed by atoms with Crippen LogP contribution in [0.25, 0.3) is 0 Å². The molecule has 0 aliphatic carbocycles. The maximum absolute atomic E-state index is 12.3. The van der Waals surface area contributed by atoms with Crippen LogP contribution in [-0.4, -0.2) is 54.5 Å². The molecule has 0 atom stereocenters. The molecule has 2 heterocycles. The molecule has 6 nitrogen and oxygen atoms in total. The van der Waals surface area contributed by atoms with Crippen molar-refractivity contribution in [1.82, 2.24) is 15.2 Å². The molecule has 6 heteroatoms. The van der Waals surface area contributed by atoms with Crippen molar-refractivity contribution < 1.29 is 14.3 Å². The minimum atomic E-state index is -0.176. The first kappa shape index (κ1) is 14.5. The quantitative estimate of drug-likeness (QED) is 0.879. The number of ether oxygens (including phenoxy) is 1. The van der Waals surface area contributed by atoms with Crippen LogP contribution in [0, 0.1) is 0 Å².